The molecule has 0 fully saturated rings. The summed E-state index contributed by atoms with van der Waals surface area (Å²) in [4.78, 5) is 25.4. The van der Waals surface area contributed by atoms with Gasteiger partial charge >= 0.3 is 0 Å². The van der Waals surface area contributed by atoms with Crippen molar-refractivity contribution in [3.05, 3.63) is 90.0 Å². The highest BCUT2D eigenvalue weighted by molar-refractivity contribution is 6.12. The number of carbonyl (C=O) groups excluding carboxylic acids is 2. The van der Waals surface area contributed by atoms with Gasteiger partial charge in [-0.1, -0.05) is 43.3 Å². The Morgan fingerprint density at radius 3 is 2.34 bits per heavy atom. The first kappa shape index (κ1) is 20.1. The van der Waals surface area contributed by atoms with E-state index in [0.29, 0.717) is 28.3 Å². The van der Waals surface area contributed by atoms with Crippen LogP contribution < -0.4 is 15.4 Å². The first-order valence-electron chi connectivity index (χ1n) is 9.60. The van der Waals surface area contributed by atoms with Crippen molar-refractivity contribution in [2.24, 2.45) is 0 Å². The highest BCUT2D eigenvalue weighted by atomic mass is 16.5. The van der Waals surface area contributed by atoms with Gasteiger partial charge in [-0.25, -0.2) is 0 Å². The summed E-state index contributed by atoms with van der Waals surface area (Å²) in [7, 11) is 0. The van der Waals surface area contributed by atoms with Crippen LogP contribution in [0.25, 0.3) is 0 Å². The number of hydrogen-bond donors (Lipinski definition) is 2. The lowest BCUT2D eigenvalue weighted by Crippen LogP contribution is -2.18. The molecule has 2 amide bonds. The number of carbonyl (C=O) groups is 2. The smallest absolute Gasteiger partial charge is 0.257 e. The van der Waals surface area contributed by atoms with Gasteiger partial charge in [-0.15, -0.1) is 0 Å². The Balaban J connectivity index is 1.76. The van der Waals surface area contributed by atoms with Crippen LogP contribution in [-0.2, 0) is 0 Å². The topological polar surface area (TPSA) is 67.4 Å². The molecule has 2 N–H and O–H groups in total. The van der Waals surface area contributed by atoms with E-state index in [0.717, 1.165) is 6.42 Å². The lowest BCUT2D eigenvalue weighted by molar-refractivity contribution is 0.102. The predicted molar refractivity (Wildman–Crippen MR) is 116 cm³/mol. The summed E-state index contributed by atoms with van der Waals surface area (Å²) in [5.41, 5.74) is 1.98. The summed E-state index contributed by atoms with van der Waals surface area (Å²) in [6.07, 6.45) is 0.941. The highest BCUT2D eigenvalue weighted by Crippen LogP contribution is 2.20. The van der Waals surface area contributed by atoms with Crippen molar-refractivity contribution in [2.75, 3.05) is 10.6 Å². The van der Waals surface area contributed by atoms with E-state index in [1.54, 1.807) is 42.5 Å². The van der Waals surface area contributed by atoms with E-state index in [1.807, 2.05) is 50.2 Å². The van der Waals surface area contributed by atoms with Gasteiger partial charge in [0.15, 0.2) is 0 Å². The molecule has 5 heteroatoms. The van der Waals surface area contributed by atoms with Crippen LogP contribution in [0.15, 0.2) is 78.9 Å². The molecule has 0 saturated heterocycles. The third-order valence-corrected chi connectivity index (χ3v) is 4.46. The number of nitrogens with one attached hydrogen (secondary N) is 2. The molecule has 0 aliphatic heterocycles. The Kier molecular flexibility index (Phi) is 6.63. The predicted octanol–water partition coefficient (Wildman–Crippen LogP) is 5.37. The first-order valence-corrected chi connectivity index (χ1v) is 9.60. The number of benzene rings is 3. The molecule has 1 unspecified atom stereocenters. The Labute approximate surface area is 170 Å². The summed E-state index contributed by atoms with van der Waals surface area (Å²) in [5, 5.41) is 5.67. The normalized spacial score (nSPS) is 11.4. The van der Waals surface area contributed by atoms with Gasteiger partial charge in [0.2, 0.25) is 0 Å². The van der Waals surface area contributed by atoms with Gasteiger partial charge in [-0.3, -0.25) is 9.59 Å². The van der Waals surface area contributed by atoms with Crippen molar-refractivity contribution in [1.29, 1.82) is 0 Å². The van der Waals surface area contributed by atoms with Gasteiger partial charge in [0, 0.05) is 11.3 Å². The van der Waals surface area contributed by atoms with E-state index in [4.69, 9.17) is 4.74 Å². The SMILES string of the molecule is CCC(C)Oc1cccc(C(=O)Nc2ccccc2C(=O)Nc2ccccc2)c1. The van der Waals surface area contributed by atoms with Gasteiger partial charge in [0.25, 0.3) is 11.8 Å². The van der Waals surface area contributed by atoms with Crippen LogP contribution in [0.4, 0.5) is 11.4 Å². The molecule has 0 aliphatic rings. The third-order valence-electron chi connectivity index (χ3n) is 4.46. The number of para-hydroxylation sites is 2. The van der Waals surface area contributed by atoms with Crippen molar-refractivity contribution in [2.45, 2.75) is 26.4 Å². The van der Waals surface area contributed by atoms with E-state index in [1.165, 1.54) is 0 Å². The number of rotatable bonds is 7. The van der Waals surface area contributed by atoms with Crippen LogP contribution in [0.3, 0.4) is 0 Å². The molecule has 0 bridgehead atoms. The van der Waals surface area contributed by atoms with Crippen molar-refractivity contribution in [3.63, 3.8) is 0 Å². The average molecular weight is 388 g/mol. The molecule has 3 rings (SSSR count). The van der Waals surface area contributed by atoms with Crippen LogP contribution >= 0.6 is 0 Å². The molecule has 0 aliphatic carbocycles. The van der Waals surface area contributed by atoms with Crippen LogP contribution in [-0.4, -0.2) is 17.9 Å². The Morgan fingerprint density at radius 1 is 0.862 bits per heavy atom. The first-order chi connectivity index (χ1) is 14.1. The summed E-state index contributed by atoms with van der Waals surface area (Å²) in [6, 6.07) is 23.1. The van der Waals surface area contributed by atoms with Crippen molar-refractivity contribution >= 4 is 23.2 Å². The molecule has 3 aromatic rings. The minimum atomic E-state index is -0.306. The van der Waals surface area contributed by atoms with Gasteiger partial charge in [0.1, 0.15) is 5.75 Å². The van der Waals surface area contributed by atoms with Crippen molar-refractivity contribution in [1.82, 2.24) is 0 Å². The monoisotopic (exact) mass is 388 g/mol. The maximum atomic E-state index is 12.8. The van der Waals surface area contributed by atoms with Crippen LogP contribution in [0.2, 0.25) is 0 Å². The largest absolute Gasteiger partial charge is 0.491 e. The average Bonchev–Trinajstić information content (AvgIpc) is 2.75. The molecule has 148 valence electrons. The lowest BCUT2D eigenvalue weighted by atomic mass is 10.1. The Bertz CT molecular complexity index is 986. The zero-order chi connectivity index (χ0) is 20.6. The molecule has 0 spiro atoms. The maximum Gasteiger partial charge on any atom is 0.257 e. The molecule has 0 saturated carbocycles. The van der Waals surface area contributed by atoms with Crippen molar-refractivity contribution < 1.29 is 14.3 Å². The molecular weight excluding hydrogens is 364 g/mol. The van der Waals surface area contributed by atoms with Gasteiger partial charge in [0.05, 0.1) is 17.4 Å². The standard InChI is InChI=1S/C24H24N2O3/c1-3-17(2)29-20-13-9-10-18(16-20)23(27)26-22-15-8-7-14-21(22)24(28)25-19-11-5-4-6-12-19/h4-17H,3H2,1-2H3,(H,25,28)(H,26,27). The Morgan fingerprint density at radius 2 is 1.59 bits per heavy atom. The van der Waals surface area contributed by atoms with E-state index < -0.39 is 0 Å². The molecule has 29 heavy (non-hydrogen) atoms. The Hall–Kier alpha value is -3.60. The molecule has 1 atom stereocenters. The minimum Gasteiger partial charge on any atom is -0.491 e. The fourth-order valence-electron chi connectivity index (χ4n) is 2.73. The van der Waals surface area contributed by atoms with Crippen molar-refractivity contribution in [3.8, 4) is 5.75 Å². The van der Waals surface area contributed by atoms with Crippen LogP contribution in [0.5, 0.6) is 5.75 Å². The molecular formula is C24H24N2O3. The molecule has 3 aromatic carbocycles. The zero-order valence-electron chi connectivity index (χ0n) is 16.5. The summed E-state index contributed by atoms with van der Waals surface area (Å²) >= 11 is 0. The summed E-state index contributed by atoms with van der Waals surface area (Å²) in [6.45, 7) is 4.02. The number of amides is 2. The van der Waals surface area contributed by atoms with Gasteiger partial charge < -0.3 is 15.4 Å². The lowest BCUT2D eigenvalue weighted by Gasteiger charge is -2.14. The minimum absolute atomic E-state index is 0.0655. The summed E-state index contributed by atoms with van der Waals surface area (Å²) < 4.78 is 5.79. The van der Waals surface area contributed by atoms with Gasteiger partial charge in [-0.2, -0.15) is 0 Å². The number of anilines is 2. The third kappa shape index (κ3) is 5.45. The molecule has 0 aromatic heterocycles. The molecule has 0 heterocycles. The second-order valence-corrected chi connectivity index (χ2v) is 6.68. The van der Waals surface area contributed by atoms with Crippen LogP contribution in [0, 0.1) is 0 Å². The second kappa shape index (κ2) is 9.55. The number of hydrogen-bond acceptors (Lipinski definition) is 3. The number of ether oxygens (including phenoxy) is 1. The zero-order valence-corrected chi connectivity index (χ0v) is 16.5. The van der Waals surface area contributed by atoms with E-state index >= 15 is 0 Å². The quantitative estimate of drug-likeness (QED) is 0.572. The molecule has 5 nitrogen and oxygen atoms in total. The molecule has 0 radical (unpaired) electrons. The fraction of sp³-hybridized carbons (Fsp3) is 0.167. The van der Waals surface area contributed by atoms with E-state index in [9.17, 15) is 9.59 Å². The van der Waals surface area contributed by atoms with E-state index in [-0.39, 0.29) is 17.9 Å². The van der Waals surface area contributed by atoms with Crippen LogP contribution in [0.1, 0.15) is 41.0 Å². The highest BCUT2D eigenvalue weighted by Gasteiger charge is 2.15. The van der Waals surface area contributed by atoms with Gasteiger partial charge in [-0.05, 0) is 55.8 Å². The summed E-state index contributed by atoms with van der Waals surface area (Å²) in [5.74, 6) is 0.0441. The second-order valence-electron chi connectivity index (χ2n) is 6.68. The maximum absolute atomic E-state index is 12.8. The fourth-order valence-corrected chi connectivity index (χ4v) is 2.73. The van der Waals surface area contributed by atoms with E-state index in [2.05, 4.69) is 10.6 Å².